The van der Waals surface area contributed by atoms with Crippen molar-refractivity contribution in [3.63, 3.8) is 0 Å². The zero-order valence-electron chi connectivity index (χ0n) is 17.4. The predicted molar refractivity (Wildman–Crippen MR) is 112 cm³/mol. The summed E-state index contributed by atoms with van der Waals surface area (Å²) in [4.78, 5) is 27.8. The highest BCUT2D eigenvalue weighted by atomic mass is 16.5. The lowest BCUT2D eigenvalue weighted by atomic mass is 9.94. The van der Waals surface area contributed by atoms with Gasteiger partial charge in [-0.1, -0.05) is 26.7 Å². The molecule has 0 spiro atoms. The largest absolute Gasteiger partial charge is 0.497 e. The molecule has 1 amide bonds. The maximum absolute atomic E-state index is 13.2. The molecule has 0 fully saturated rings. The maximum Gasteiger partial charge on any atom is 0.242 e. The number of rotatable bonds is 9. The zero-order valence-corrected chi connectivity index (χ0v) is 17.4. The lowest BCUT2D eigenvalue weighted by molar-refractivity contribution is -0.132. The van der Waals surface area contributed by atoms with Crippen molar-refractivity contribution in [2.24, 2.45) is 0 Å². The molecule has 0 N–H and O–H groups in total. The molecule has 0 bridgehead atoms. The summed E-state index contributed by atoms with van der Waals surface area (Å²) in [5, 5.41) is 0.946. The second-order valence-corrected chi connectivity index (χ2v) is 7.66. The van der Waals surface area contributed by atoms with E-state index in [0.29, 0.717) is 13.0 Å². The number of carbonyl (C=O) groups is 2. The fraction of sp³-hybridized carbons (Fsp3) is 0.565. The van der Waals surface area contributed by atoms with Crippen molar-refractivity contribution in [3.05, 3.63) is 29.5 Å². The normalized spacial score (nSPS) is 13.6. The third kappa shape index (κ3) is 4.08. The van der Waals surface area contributed by atoms with Crippen LogP contribution in [0, 0.1) is 0 Å². The van der Waals surface area contributed by atoms with Crippen LogP contribution < -0.4 is 4.74 Å². The van der Waals surface area contributed by atoms with E-state index in [1.54, 1.807) is 7.11 Å². The average Bonchev–Trinajstić information content (AvgIpc) is 3.02. The van der Waals surface area contributed by atoms with Gasteiger partial charge >= 0.3 is 0 Å². The molecule has 0 saturated heterocycles. The van der Waals surface area contributed by atoms with Crippen molar-refractivity contribution in [2.45, 2.75) is 65.3 Å². The van der Waals surface area contributed by atoms with E-state index in [0.717, 1.165) is 79.5 Å². The summed E-state index contributed by atoms with van der Waals surface area (Å²) in [5.74, 6) is 1.08. The topological polar surface area (TPSA) is 51.5 Å². The second kappa shape index (κ2) is 9.26. The molecule has 1 aromatic carbocycles. The van der Waals surface area contributed by atoms with E-state index in [4.69, 9.17) is 4.74 Å². The molecular weight excluding hydrogens is 352 g/mol. The van der Waals surface area contributed by atoms with E-state index >= 15 is 0 Å². The number of methoxy groups -OCH3 is 1. The quantitative estimate of drug-likeness (QED) is 0.635. The monoisotopic (exact) mass is 384 g/mol. The fourth-order valence-corrected chi connectivity index (χ4v) is 4.10. The first-order valence-electron chi connectivity index (χ1n) is 10.6. The first-order valence-corrected chi connectivity index (χ1v) is 10.6. The van der Waals surface area contributed by atoms with E-state index in [1.807, 2.05) is 23.1 Å². The van der Waals surface area contributed by atoms with Crippen LogP contribution in [0.5, 0.6) is 5.75 Å². The van der Waals surface area contributed by atoms with Crippen molar-refractivity contribution in [2.75, 3.05) is 20.2 Å². The number of nitrogens with zero attached hydrogens (tertiary/aromatic N) is 2. The Balaban J connectivity index is 1.98. The van der Waals surface area contributed by atoms with Crippen LogP contribution in [-0.4, -0.2) is 41.4 Å². The Kier molecular flexibility index (Phi) is 6.76. The van der Waals surface area contributed by atoms with E-state index in [1.165, 1.54) is 0 Å². The highest BCUT2D eigenvalue weighted by molar-refractivity contribution is 6.10. The van der Waals surface area contributed by atoms with Gasteiger partial charge in [0.15, 0.2) is 5.78 Å². The molecule has 0 aliphatic heterocycles. The molecule has 1 aliphatic rings. The third-order valence-electron chi connectivity index (χ3n) is 5.68. The van der Waals surface area contributed by atoms with Crippen LogP contribution in [-0.2, 0) is 17.8 Å². The number of ketones is 1. The zero-order chi connectivity index (χ0) is 20.1. The Morgan fingerprint density at radius 1 is 1.14 bits per heavy atom. The van der Waals surface area contributed by atoms with Gasteiger partial charge in [0.1, 0.15) is 12.3 Å². The summed E-state index contributed by atoms with van der Waals surface area (Å²) in [5.41, 5.74) is 2.75. The van der Waals surface area contributed by atoms with Gasteiger partial charge < -0.3 is 14.2 Å². The fourth-order valence-electron chi connectivity index (χ4n) is 4.10. The molecular formula is C23H32N2O3. The van der Waals surface area contributed by atoms with E-state index in [-0.39, 0.29) is 11.7 Å². The van der Waals surface area contributed by atoms with E-state index in [2.05, 4.69) is 18.4 Å². The number of carbonyl (C=O) groups excluding carboxylic acids is 2. The SMILES string of the molecule is CCCCN(CCCC)C(=O)Cn1c2c(c3ccc(OC)cc31)C(=O)CCC2. The Morgan fingerprint density at radius 2 is 1.86 bits per heavy atom. The van der Waals surface area contributed by atoms with Crippen LogP contribution in [0.15, 0.2) is 18.2 Å². The van der Waals surface area contributed by atoms with Crippen molar-refractivity contribution < 1.29 is 14.3 Å². The molecule has 3 rings (SSSR count). The van der Waals surface area contributed by atoms with Crippen LogP contribution in [0.3, 0.4) is 0 Å². The maximum atomic E-state index is 13.2. The van der Waals surface area contributed by atoms with Crippen LogP contribution in [0.25, 0.3) is 10.9 Å². The molecule has 5 nitrogen and oxygen atoms in total. The summed E-state index contributed by atoms with van der Waals surface area (Å²) < 4.78 is 7.47. The number of benzene rings is 1. The summed E-state index contributed by atoms with van der Waals surface area (Å²) >= 11 is 0. The van der Waals surface area contributed by atoms with Crippen LogP contribution in [0.2, 0.25) is 0 Å². The highest BCUT2D eigenvalue weighted by Gasteiger charge is 2.27. The van der Waals surface area contributed by atoms with Gasteiger partial charge in [0.25, 0.3) is 0 Å². The number of aromatic nitrogens is 1. The highest BCUT2D eigenvalue weighted by Crippen LogP contribution is 2.34. The van der Waals surface area contributed by atoms with Gasteiger partial charge in [0.05, 0.1) is 12.6 Å². The van der Waals surface area contributed by atoms with Crippen molar-refractivity contribution in [1.29, 1.82) is 0 Å². The number of ether oxygens (including phenoxy) is 1. The average molecular weight is 385 g/mol. The summed E-state index contributed by atoms with van der Waals surface area (Å²) in [6, 6.07) is 5.81. The molecule has 1 aliphatic carbocycles. The lowest BCUT2D eigenvalue weighted by Gasteiger charge is -2.24. The smallest absolute Gasteiger partial charge is 0.242 e. The Hall–Kier alpha value is -2.30. The Labute approximate surface area is 167 Å². The van der Waals surface area contributed by atoms with Crippen molar-refractivity contribution in [1.82, 2.24) is 9.47 Å². The molecule has 1 aromatic heterocycles. The lowest BCUT2D eigenvalue weighted by Crippen LogP contribution is -2.36. The molecule has 0 atom stereocenters. The van der Waals surface area contributed by atoms with Gasteiger partial charge in [0.2, 0.25) is 5.91 Å². The molecule has 28 heavy (non-hydrogen) atoms. The van der Waals surface area contributed by atoms with Gasteiger partial charge in [-0.3, -0.25) is 9.59 Å². The van der Waals surface area contributed by atoms with Crippen LogP contribution >= 0.6 is 0 Å². The van der Waals surface area contributed by atoms with Crippen LogP contribution in [0.4, 0.5) is 0 Å². The second-order valence-electron chi connectivity index (χ2n) is 7.66. The first-order chi connectivity index (χ1) is 13.6. The van der Waals surface area contributed by atoms with E-state index < -0.39 is 0 Å². The standard InChI is InChI=1S/C23H32N2O3/c1-4-6-13-24(14-7-5-2)22(27)16-25-19-9-8-10-21(26)23(19)18-12-11-17(28-3)15-20(18)25/h11-12,15H,4-10,13-14,16H2,1-3H3. The van der Waals surface area contributed by atoms with Gasteiger partial charge in [-0.05, 0) is 37.8 Å². The third-order valence-corrected chi connectivity index (χ3v) is 5.68. The molecule has 1 heterocycles. The van der Waals surface area contributed by atoms with Crippen molar-refractivity contribution in [3.8, 4) is 5.75 Å². The number of amides is 1. The number of unbranched alkanes of at least 4 members (excludes halogenated alkanes) is 2. The number of hydrogen-bond donors (Lipinski definition) is 0. The van der Waals surface area contributed by atoms with Gasteiger partial charge in [-0.25, -0.2) is 0 Å². The van der Waals surface area contributed by atoms with Crippen molar-refractivity contribution >= 4 is 22.6 Å². The number of Topliss-reactive ketones (excluding diaryl/α,β-unsaturated/α-hetero) is 1. The van der Waals surface area contributed by atoms with Crippen LogP contribution in [0.1, 0.15) is 68.4 Å². The van der Waals surface area contributed by atoms with E-state index in [9.17, 15) is 9.59 Å². The summed E-state index contributed by atoms with van der Waals surface area (Å²) in [7, 11) is 1.64. The van der Waals surface area contributed by atoms with Gasteiger partial charge in [0, 0.05) is 42.2 Å². The Bertz CT molecular complexity index is 845. The summed E-state index contributed by atoms with van der Waals surface area (Å²) in [6.45, 7) is 6.20. The molecule has 0 radical (unpaired) electrons. The minimum absolute atomic E-state index is 0.141. The van der Waals surface area contributed by atoms with Gasteiger partial charge in [-0.15, -0.1) is 0 Å². The van der Waals surface area contributed by atoms with Gasteiger partial charge in [-0.2, -0.15) is 0 Å². The summed E-state index contributed by atoms with van der Waals surface area (Å²) in [6.07, 6.45) is 6.47. The molecule has 0 unspecified atom stereocenters. The molecule has 2 aromatic rings. The Morgan fingerprint density at radius 3 is 2.50 bits per heavy atom. The number of hydrogen-bond acceptors (Lipinski definition) is 3. The molecule has 0 saturated carbocycles. The minimum atomic E-state index is 0.141. The molecule has 5 heteroatoms. The first kappa shape index (κ1) is 20.4. The predicted octanol–water partition coefficient (Wildman–Crippen LogP) is 4.60. The number of fused-ring (bicyclic) bond motifs is 3. The molecule has 152 valence electrons. The minimum Gasteiger partial charge on any atom is -0.497 e.